The molecule has 0 radical (unpaired) electrons. The Morgan fingerprint density at radius 2 is 2.10 bits per heavy atom. The van der Waals surface area contributed by atoms with E-state index in [-0.39, 0.29) is 18.1 Å². The molecule has 20 heavy (non-hydrogen) atoms. The van der Waals surface area contributed by atoms with E-state index in [4.69, 9.17) is 10.5 Å². The number of hydrogen-bond acceptors (Lipinski definition) is 3. The van der Waals surface area contributed by atoms with Crippen LogP contribution in [0, 0.1) is 12.8 Å². The van der Waals surface area contributed by atoms with E-state index in [1.165, 1.54) is 11.1 Å². The van der Waals surface area contributed by atoms with E-state index in [0.717, 1.165) is 19.4 Å². The van der Waals surface area contributed by atoms with Crippen LogP contribution < -0.4 is 11.1 Å². The summed E-state index contributed by atoms with van der Waals surface area (Å²) in [6, 6.07) is 8.44. The SMILES string of the molecule is Cc1ccc([C@@H]2CCO[C@@H]3[C@H](CN[C@@H]3C(N)=O)C2)cc1. The van der Waals surface area contributed by atoms with Crippen LogP contribution in [-0.2, 0) is 9.53 Å². The summed E-state index contributed by atoms with van der Waals surface area (Å²) in [5.41, 5.74) is 8.10. The maximum Gasteiger partial charge on any atom is 0.237 e. The molecule has 0 saturated carbocycles. The van der Waals surface area contributed by atoms with Crippen molar-refractivity contribution in [2.75, 3.05) is 13.2 Å². The maximum atomic E-state index is 11.4. The van der Waals surface area contributed by atoms with Crippen LogP contribution in [0.1, 0.15) is 29.9 Å². The molecule has 1 aromatic rings. The van der Waals surface area contributed by atoms with Gasteiger partial charge < -0.3 is 15.8 Å². The van der Waals surface area contributed by atoms with Gasteiger partial charge >= 0.3 is 0 Å². The molecule has 2 aliphatic rings. The van der Waals surface area contributed by atoms with Gasteiger partial charge in [0.05, 0.1) is 6.10 Å². The van der Waals surface area contributed by atoms with Gasteiger partial charge in [0.25, 0.3) is 0 Å². The molecule has 0 aliphatic carbocycles. The summed E-state index contributed by atoms with van der Waals surface area (Å²) >= 11 is 0. The third-order valence-corrected chi connectivity index (χ3v) is 4.61. The number of aryl methyl sites for hydroxylation is 1. The minimum absolute atomic E-state index is 0.0528. The number of benzene rings is 1. The van der Waals surface area contributed by atoms with Gasteiger partial charge in [0.1, 0.15) is 6.04 Å². The Morgan fingerprint density at radius 3 is 2.80 bits per heavy atom. The highest BCUT2D eigenvalue weighted by Crippen LogP contribution is 2.35. The van der Waals surface area contributed by atoms with Crippen LogP contribution in [0.3, 0.4) is 0 Å². The van der Waals surface area contributed by atoms with Gasteiger partial charge in [0, 0.05) is 19.1 Å². The van der Waals surface area contributed by atoms with E-state index in [1.54, 1.807) is 0 Å². The molecule has 0 aromatic heterocycles. The molecule has 3 rings (SSSR count). The average molecular weight is 274 g/mol. The molecule has 1 aromatic carbocycles. The summed E-state index contributed by atoms with van der Waals surface area (Å²) in [6.07, 6.45) is 2.02. The molecule has 0 unspecified atom stereocenters. The van der Waals surface area contributed by atoms with E-state index < -0.39 is 0 Å². The minimum atomic E-state index is -0.322. The van der Waals surface area contributed by atoms with Crippen molar-refractivity contribution in [3.63, 3.8) is 0 Å². The van der Waals surface area contributed by atoms with Crippen molar-refractivity contribution in [1.29, 1.82) is 0 Å². The van der Waals surface area contributed by atoms with Gasteiger partial charge in [-0.05, 0) is 31.2 Å². The van der Waals surface area contributed by atoms with E-state index in [0.29, 0.717) is 18.4 Å². The van der Waals surface area contributed by atoms with Crippen molar-refractivity contribution in [3.05, 3.63) is 35.4 Å². The van der Waals surface area contributed by atoms with Gasteiger partial charge in [-0.1, -0.05) is 29.8 Å². The number of primary amides is 1. The molecule has 2 aliphatic heterocycles. The summed E-state index contributed by atoms with van der Waals surface area (Å²) in [5.74, 6) is 0.589. The smallest absolute Gasteiger partial charge is 0.237 e. The largest absolute Gasteiger partial charge is 0.376 e. The molecule has 4 heteroatoms. The Labute approximate surface area is 119 Å². The zero-order valence-corrected chi connectivity index (χ0v) is 11.8. The molecular formula is C16H22N2O2. The number of hydrogen-bond donors (Lipinski definition) is 2. The van der Waals surface area contributed by atoms with Gasteiger partial charge in [0.15, 0.2) is 0 Å². The number of ether oxygens (including phenoxy) is 1. The van der Waals surface area contributed by atoms with Crippen LogP contribution >= 0.6 is 0 Å². The maximum absolute atomic E-state index is 11.4. The van der Waals surface area contributed by atoms with E-state index in [1.807, 2.05) is 0 Å². The molecule has 2 heterocycles. The first-order valence-electron chi connectivity index (χ1n) is 7.36. The Bertz CT molecular complexity index is 486. The number of fused-ring (bicyclic) bond motifs is 1. The zero-order valence-electron chi connectivity index (χ0n) is 11.8. The first kappa shape index (κ1) is 13.6. The van der Waals surface area contributed by atoms with E-state index in [9.17, 15) is 4.79 Å². The number of carbonyl (C=O) groups is 1. The predicted molar refractivity (Wildman–Crippen MR) is 77.4 cm³/mol. The van der Waals surface area contributed by atoms with Crippen molar-refractivity contribution < 1.29 is 9.53 Å². The molecule has 108 valence electrons. The molecule has 0 bridgehead atoms. The summed E-state index contributed by atoms with van der Waals surface area (Å²) in [7, 11) is 0. The fraction of sp³-hybridized carbons (Fsp3) is 0.562. The molecule has 0 spiro atoms. The van der Waals surface area contributed by atoms with E-state index >= 15 is 0 Å². The Kier molecular flexibility index (Phi) is 3.76. The zero-order chi connectivity index (χ0) is 14.1. The second-order valence-corrected chi connectivity index (χ2v) is 6.02. The van der Waals surface area contributed by atoms with E-state index in [2.05, 4.69) is 36.5 Å². The van der Waals surface area contributed by atoms with Gasteiger partial charge in [-0.3, -0.25) is 4.79 Å². The third-order valence-electron chi connectivity index (χ3n) is 4.61. The second-order valence-electron chi connectivity index (χ2n) is 6.02. The topological polar surface area (TPSA) is 64.3 Å². The molecular weight excluding hydrogens is 252 g/mol. The monoisotopic (exact) mass is 274 g/mol. The van der Waals surface area contributed by atoms with Gasteiger partial charge in [0.2, 0.25) is 5.91 Å². The van der Waals surface area contributed by atoms with Crippen molar-refractivity contribution in [3.8, 4) is 0 Å². The highest BCUT2D eigenvalue weighted by atomic mass is 16.5. The minimum Gasteiger partial charge on any atom is -0.376 e. The summed E-state index contributed by atoms with van der Waals surface area (Å²) in [6.45, 7) is 3.63. The van der Waals surface area contributed by atoms with Crippen molar-refractivity contribution >= 4 is 5.91 Å². The molecule has 2 fully saturated rings. The third kappa shape index (κ3) is 2.58. The normalized spacial score (nSPS) is 33.5. The predicted octanol–water partition coefficient (Wildman–Crippen LogP) is 1.33. The Balaban J connectivity index is 1.75. The number of nitrogens with one attached hydrogen (secondary N) is 1. The Hall–Kier alpha value is -1.39. The first-order chi connectivity index (χ1) is 9.65. The highest BCUT2D eigenvalue weighted by molar-refractivity contribution is 5.81. The summed E-state index contributed by atoms with van der Waals surface area (Å²) in [5, 5.41) is 3.21. The summed E-state index contributed by atoms with van der Waals surface area (Å²) in [4.78, 5) is 11.4. The lowest BCUT2D eigenvalue weighted by atomic mass is 9.85. The standard InChI is InChI=1S/C16H22N2O2/c1-10-2-4-11(5-3-10)12-6-7-20-15-13(8-12)9-18-14(15)16(17)19/h2-5,12-15,18H,6-9H2,1H3,(H2,17,19)/t12-,13+,14+,15-/m1/s1. The fourth-order valence-corrected chi connectivity index (χ4v) is 3.47. The molecule has 4 nitrogen and oxygen atoms in total. The van der Waals surface area contributed by atoms with Crippen LogP contribution in [0.4, 0.5) is 0 Å². The summed E-state index contributed by atoms with van der Waals surface area (Å²) < 4.78 is 5.91. The lowest BCUT2D eigenvalue weighted by molar-refractivity contribution is -0.123. The number of rotatable bonds is 2. The first-order valence-corrected chi connectivity index (χ1v) is 7.36. The molecule has 4 atom stereocenters. The molecule has 1 amide bonds. The van der Waals surface area contributed by atoms with Gasteiger partial charge in [-0.2, -0.15) is 0 Å². The quantitative estimate of drug-likeness (QED) is 0.855. The van der Waals surface area contributed by atoms with Crippen molar-refractivity contribution in [2.24, 2.45) is 11.7 Å². The lowest BCUT2D eigenvalue weighted by Crippen LogP contribution is -2.44. The lowest BCUT2D eigenvalue weighted by Gasteiger charge is -2.20. The van der Waals surface area contributed by atoms with Gasteiger partial charge in [-0.25, -0.2) is 0 Å². The number of carbonyl (C=O) groups excluding carboxylic acids is 1. The molecule has 2 saturated heterocycles. The second kappa shape index (κ2) is 5.54. The van der Waals surface area contributed by atoms with Gasteiger partial charge in [-0.15, -0.1) is 0 Å². The van der Waals surface area contributed by atoms with Crippen molar-refractivity contribution in [1.82, 2.24) is 5.32 Å². The molecule has 3 N–H and O–H groups in total. The van der Waals surface area contributed by atoms with Crippen molar-refractivity contribution in [2.45, 2.75) is 37.8 Å². The fourth-order valence-electron chi connectivity index (χ4n) is 3.47. The van der Waals surface area contributed by atoms with Crippen LogP contribution in [-0.4, -0.2) is 31.2 Å². The van der Waals surface area contributed by atoms with Crippen LogP contribution in [0.2, 0.25) is 0 Å². The van der Waals surface area contributed by atoms with Crippen LogP contribution in [0.15, 0.2) is 24.3 Å². The highest BCUT2D eigenvalue weighted by Gasteiger charge is 2.42. The Morgan fingerprint density at radius 1 is 1.35 bits per heavy atom. The number of nitrogens with two attached hydrogens (primary N) is 1. The average Bonchev–Trinajstić information content (AvgIpc) is 2.71. The van der Waals surface area contributed by atoms with Crippen LogP contribution in [0.25, 0.3) is 0 Å². The van der Waals surface area contributed by atoms with Crippen LogP contribution in [0.5, 0.6) is 0 Å². The number of amides is 1.